The van der Waals surface area contributed by atoms with Crippen molar-refractivity contribution in [3.63, 3.8) is 0 Å². The lowest BCUT2D eigenvalue weighted by molar-refractivity contribution is 0.169. The quantitative estimate of drug-likeness (QED) is 0.929. The van der Waals surface area contributed by atoms with Crippen LogP contribution in [0.3, 0.4) is 0 Å². The van der Waals surface area contributed by atoms with E-state index in [2.05, 4.69) is 49.5 Å². The first-order valence-electron chi connectivity index (χ1n) is 7.41. The molecule has 0 radical (unpaired) electrons. The second kappa shape index (κ2) is 6.19. The molecule has 0 aromatic heterocycles. The van der Waals surface area contributed by atoms with Crippen LogP contribution in [0.15, 0.2) is 42.5 Å². The van der Waals surface area contributed by atoms with Gasteiger partial charge in [-0.1, -0.05) is 42.0 Å². The Bertz CT molecular complexity index is 624. The molecule has 3 rings (SSSR count). The molecule has 0 bridgehead atoms. The van der Waals surface area contributed by atoms with Crippen LogP contribution in [0, 0.1) is 6.92 Å². The van der Waals surface area contributed by atoms with Gasteiger partial charge in [-0.2, -0.15) is 0 Å². The first-order chi connectivity index (χ1) is 10.2. The van der Waals surface area contributed by atoms with E-state index in [-0.39, 0.29) is 0 Å². The molecular weight excluding hydrogens is 262 g/mol. The van der Waals surface area contributed by atoms with Gasteiger partial charge in [0.15, 0.2) is 11.5 Å². The highest BCUT2D eigenvalue weighted by Crippen LogP contribution is 2.33. The maximum Gasteiger partial charge on any atom is 0.165 e. The molecule has 1 atom stereocenters. The minimum Gasteiger partial charge on any atom is -0.486 e. The van der Waals surface area contributed by atoms with E-state index in [1.807, 2.05) is 12.1 Å². The van der Waals surface area contributed by atoms with Crippen molar-refractivity contribution in [2.24, 2.45) is 0 Å². The van der Waals surface area contributed by atoms with Crippen LogP contribution in [-0.2, 0) is 6.54 Å². The average molecular weight is 283 g/mol. The molecule has 0 saturated carbocycles. The molecule has 0 amide bonds. The standard InChI is InChI=1S/C18H21NO2/c1-13-5-3-6-15(11-13)14(2)19-12-16-7-4-8-17-18(16)21-10-9-20-17/h3-8,11,14,19H,9-10,12H2,1-2H3/t14-/m0/s1. The van der Waals surface area contributed by atoms with Gasteiger partial charge >= 0.3 is 0 Å². The first kappa shape index (κ1) is 14.0. The van der Waals surface area contributed by atoms with Crippen molar-refractivity contribution in [1.82, 2.24) is 5.32 Å². The van der Waals surface area contributed by atoms with E-state index in [9.17, 15) is 0 Å². The van der Waals surface area contributed by atoms with Crippen LogP contribution in [0.4, 0.5) is 0 Å². The van der Waals surface area contributed by atoms with E-state index in [4.69, 9.17) is 9.47 Å². The average Bonchev–Trinajstić information content (AvgIpc) is 2.52. The van der Waals surface area contributed by atoms with Crippen LogP contribution >= 0.6 is 0 Å². The number of hydrogen-bond donors (Lipinski definition) is 1. The van der Waals surface area contributed by atoms with Crippen LogP contribution < -0.4 is 14.8 Å². The predicted molar refractivity (Wildman–Crippen MR) is 83.9 cm³/mol. The minimum absolute atomic E-state index is 0.297. The Morgan fingerprint density at radius 1 is 1.10 bits per heavy atom. The van der Waals surface area contributed by atoms with Crippen molar-refractivity contribution >= 4 is 0 Å². The largest absolute Gasteiger partial charge is 0.486 e. The number of nitrogens with one attached hydrogen (secondary N) is 1. The topological polar surface area (TPSA) is 30.5 Å². The fourth-order valence-corrected chi connectivity index (χ4v) is 2.59. The minimum atomic E-state index is 0.297. The van der Waals surface area contributed by atoms with Gasteiger partial charge in [0.1, 0.15) is 13.2 Å². The van der Waals surface area contributed by atoms with Crippen molar-refractivity contribution in [2.45, 2.75) is 26.4 Å². The molecule has 1 aliphatic rings. The lowest BCUT2D eigenvalue weighted by Crippen LogP contribution is -2.21. The summed E-state index contributed by atoms with van der Waals surface area (Å²) in [5.74, 6) is 1.73. The Morgan fingerprint density at radius 3 is 2.76 bits per heavy atom. The Kier molecular flexibility index (Phi) is 4.11. The Hall–Kier alpha value is -2.00. The smallest absolute Gasteiger partial charge is 0.165 e. The van der Waals surface area contributed by atoms with Gasteiger partial charge in [-0.3, -0.25) is 0 Å². The molecule has 0 fully saturated rings. The number of benzene rings is 2. The summed E-state index contributed by atoms with van der Waals surface area (Å²) in [5.41, 5.74) is 3.73. The van der Waals surface area contributed by atoms with Crippen molar-refractivity contribution in [3.8, 4) is 11.5 Å². The highest BCUT2D eigenvalue weighted by atomic mass is 16.6. The van der Waals surface area contributed by atoms with Crippen LogP contribution in [0.5, 0.6) is 11.5 Å². The third-order valence-corrected chi connectivity index (χ3v) is 3.79. The van der Waals surface area contributed by atoms with Gasteiger partial charge in [0, 0.05) is 18.2 Å². The lowest BCUT2D eigenvalue weighted by Gasteiger charge is -2.22. The summed E-state index contributed by atoms with van der Waals surface area (Å²) in [5, 5.41) is 3.56. The fourth-order valence-electron chi connectivity index (χ4n) is 2.59. The van der Waals surface area contributed by atoms with E-state index in [0.717, 1.165) is 23.6 Å². The van der Waals surface area contributed by atoms with E-state index in [0.29, 0.717) is 19.3 Å². The maximum atomic E-state index is 5.75. The number of aryl methyl sites for hydroxylation is 1. The lowest BCUT2D eigenvalue weighted by atomic mass is 10.1. The monoisotopic (exact) mass is 283 g/mol. The van der Waals surface area contributed by atoms with Crippen LogP contribution in [0.2, 0.25) is 0 Å². The van der Waals surface area contributed by atoms with Crippen LogP contribution in [0.25, 0.3) is 0 Å². The van der Waals surface area contributed by atoms with Gasteiger partial charge in [0.2, 0.25) is 0 Å². The Morgan fingerprint density at radius 2 is 1.90 bits per heavy atom. The second-order valence-corrected chi connectivity index (χ2v) is 5.46. The number of para-hydroxylation sites is 1. The first-order valence-corrected chi connectivity index (χ1v) is 7.41. The molecule has 2 aromatic rings. The zero-order valence-corrected chi connectivity index (χ0v) is 12.6. The van der Waals surface area contributed by atoms with Gasteiger partial charge < -0.3 is 14.8 Å². The second-order valence-electron chi connectivity index (χ2n) is 5.46. The van der Waals surface area contributed by atoms with Crippen molar-refractivity contribution < 1.29 is 9.47 Å². The molecule has 1 aliphatic heterocycles. The third-order valence-electron chi connectivity index (χ3n) is 3.79. The highest BCUT2D eigenvalue weighted by Gasteiger charge is 2.16. The molecule has 2 aromatic carbocycles. The SMILES string of the molecule is Cc1cccc([C@H](C)NCc2cccc3c2OCCO3)c1. The summed E-state index contributed by atoms with van der Waals surface area (Å²) in [6.45, 7) is 6.32. The van der Waals surface area contributed by atoms with Gasteiger partial charge in [-0.05, 0) is 25.5 Å². The molecule has 3 nitrogen and oxygen atoms in total. The Balaban J connectivity index is 1.70. The number of ether oxygens (including phenoxy) is 2. The molecule has 0 aliphatic carbocycles. The molecule has 110 valence electrons. The van der Waals surface area contributed by atoms with Gasteiger partial charge in [-0.15, -0.1) is 0 Å². The normalized spacial score (nSPS) is 14.8. The van der Waals surface area contributed by atoms with Crippen molar-refractivity contribution in [1.29, 1.82) is 0 Å². The van der Waals surface area contributed by atoms with Crippen LogP contribution in [-0.4, -0.2) is 13.2 Å². The van der Waals surface area contributed by atoms with Gasteiger partial charge in [0.05, 0.1) is 0 Å². The van der Waals surface area contributed by atoms with Crippen LogP contribution in [0.1, 0.15) is 29.7 Å². The summed E-state index contributed by atoms with van der Waals surface area (Å²) in [6.07, 6.45) is 0. The molecule has 0 spiro atoms. The number of hydrogen-bond acceptors (Lipinski definition) is 3. The predicted octanol–water partition coefficient (Wildman–Crippen LogP) is 3.62. The van der Waals surface area contributed by atoms with E-state index in [1.165, 1.54) is 11.1 Å². The van der Waals surface area contributed by atoms with Gasteiger partial charge in [0.25, 0.3) is 0 Å². The molecule has 0 unspecified atom stereocenters. The number of rotatable bonds is 4. The molecular formula is C18H21NO2. The van der Waals surface area contributed by atoms with Gasteiger partial charge in [-0.25, -0.2) is 0 Å². The fraction of sp³-hybridized carbons (Fsp3) is 0.333. The summed E-state index contributed by atoms with van der Waals surface area (Å²) in [6, 6.07) is 15.0. The highest BCUT2D eigenvalue weighted by molar-refractivity contribution is 5.47. The summed E-state index contributed by atoms with van der Waals surface area (Å²) >= 11 is 0. The van der Waals surface area contributed by atoms with E-state index in [1.54, 1.807) is 0 Å². The zero-order chi connectivity index (χ0) is 14.7. The molecule has 21 heavy (non-hydrogen) atoms. The third kappa shape index (κ3) is 3.19. The zero-order valence-electron chi connectivity index (χ0n) is 12.6. The summed E-state index contributed by atoms with van der Waals surface area (Å²) < 4.78 is 11.4. The van der Waals surface area contributed by atoms with E-state index < -0.39 is 0 Å². The van der Waals surface area contributed by atoms with E-state index >= 15 is 0 Å². The molecule has 3 heteroatoms. The molecule has 1 N–H and O–H groups in total. The maximum absolute atomic E-state index is 5.75. The summed E-state index contributed by atoms with van der Waals surface area (Å²) in [4.78, 5) is 0. The molecule has 1 heterocycles. The number of fused-ring (bicyclic) bond motifs is 1. The molecule has 0 saturated heterocycles. The Labute approximate surface area is 125 Å². The summed E-state index contributed by atoms with van der Waals surface area (Å²) in [7, 11) is 0. The van der Waals surface area contributed by atoms with Crippen molar-refractivity contribution in [2.75, 3.05) is 13.2 Å². The van der Waals surface area contributed by atoms with Crippen molar-refractivity contribution in [3.05, 3.63) is 59.2 Å².